The molecule has 48 heavy (non-hydrogen) atoms. The van der Waals surface area contributed by atoms with Crippen LogP contribution in [0.4, 0.5) is 11.4 Å². The van der Waals surface area contributed by atoms with Gasteiger partial charge in [-0.1, -0.05) is 89.7 Å². The Morgan fingerprint density at radius 2 is 1.19 bits per heavy atom. The fourth-order valence-corrected chi connectivity index (χ4v) is 5.06. The number of carbonyl (C=O) groups is 4. The van der Waals surface area contributed by atoms with E-state index in [1.807, 2.05) is 66.7 Å². The standard InChI is InChI=1S/C22H17NO3S.C16H16N2O3/c1-16(23-26-22(25)18-8-4-2-5-9-18)21(24)17-12-14-20(15-13-17)27-19-10-6-3-7-11-19;19-15(17-13-7-3-1-4-8-13)11-18(12-16(20)21)14-9-5-2-6-10-14/h2-15H,1H3;1-10H,11-12H2,(H,17,19)(H,20,21)/b23-16-;. The minimum Gasteiger partial charge on any atom is -0.480 e. The van der Waals surface area contributed by atoms with Crippen LogP contribution < -0.4 is 10.2 Å². The molecular formula is C38H33N3O6S. The molecule has 2 N–H and O–H groups in total. The number of aliphatic carboxylic acids is 1. The highest BCUT2D eigenvalue weighted by atomic mass is 32.2. The lowest BCUT2D eigenvalue weighted by Crippen LogP contribution is -2.37. The Bertz CT molecular complexity index is 1820. The molecule has 0 bridgehead atoms. The molecule has 0 heterocycles. The van der Waals surface area contributed by atoms with Crippen molar-refractivity contribution in [1.82, 2.24) is 0 Å². The van der Waals surface area contributed by atoms with E-state index in [0.717, 1.165) is 9.79 Å². The van der Waals surface area contributed by atoms with Crippen LogP contribution >= 0.6 is 11.8 Å². The average molecular weight is 660 g/mol. The highest BCUT2D eigenvalue weighted by Crippen LogP contribution is 2.27. The highest BCUT2D eigenvalue weighted by Gasteiger charge is 2.15. The number of hydrogen-bond donors (Lipinski definition) is 2. The second-order valence-electron chi connectivity index (χ2n) is 10.2. The summed E-state index contributed by atoms with van der Waals surface area (Å²) in [7, 11) is 0. The number of amides is 1. The van der Waals surface area contributed by atoms with Crippen molar-refractivity contribution < 1.29 is 29.1 Å². The average Bonchev–Trinajstić information content (AvgIpc) is 3.12. The summed E-state index contributed by atoms with van der Waals surface area (Å²) < 4.78 is 0. The van der Waals surface area contributed by atoms with E-state index in [-0.39, 0.29) is 30.5 Å². The predicted octanol–water partition coefficient (Wildman–Crippen LogP) is 7.47. The smallest absolute Gasteiger partial charge is 0.365 e. The third kappa shape index (κ3) is 11.4. The van der Waals surface area contributed by atoms with Gasteiger partial charge in [0.05, 0.1) is 12.1 Å². The van der Waals surface area contributed by atoms with Gasteiger partial charge in [-0.25, -0.2) is 4.79 Å². The molecule has 5 aromatic rings. The maximum absolute atomic E-state index is 12.4. The maximum atomic E-state index is 12.4. The summed E-state index contributed by atoms with van der Waals surface area (Å²) in [5.41, 5.74) is 2.37. The zero-order valence-corrected chi connectivity index (χ0v) is 26.9. The summed E-state index contributed by atoms with van der Waals surface area (Å²) in [4.78, 5) is 55.8. The Balaban J connectivity index is 0.000000224. The summed E-state index contributed by atoms with van der Waals surface area (Å²) in [5.74, 6) is -2.12. The van der Waals surface area contributed by atoms with E-state index in [9.17, 15) is 19.2 Å². The van der Waals surface area contributed by atoms with Gasteiger partial charge >= 0.3 is 11.9 Å². The van der Waals surface area contributed by atoms with Crippen LogP contribution in [-0.2, 0) is 14.4 Å². The summed E-state index contributed by atoms with van der Waals surface area (Å²) in [6.07, 6.45) is 0. The lowest BCUT2D eigenvalue weighted by Gasteiger charge is -2.22. The van der Waals surface area contributed by atoms with E-state index < -0.39 is 11.9 Å². The molecular weight excluding hydrogens is 627 g/mol. The molecule has 0 spiro atoms. The van der Waals surface area contributed by atoms with Crippen molar-refractivity contribution in [2.24, 2.45) is 5.16 Å². The molecule has 0 atom stereocenters. The minimum absolute atomic E-state index is 0.0226. The molecule has 0 radical (unpaired) electrons. The molecule has 0 saturated carbocycles. The molecule has 0 aliphatic rings. The van der Waals surface area contributed by atoms with Crippen LogP contribution in [0.25, 0.3) is 0 Å². The minimum atomic E-state index is -0.980. The van der Waals surface area contributed by atoms with Crippen molar-refractivity contribution in [1.29, 1.82) is 0 Å². The van der Waals surface area contributed by atoms with Gasteiger partial charge in [0.25, 0.3) is 0 Å². The SMILES string of the molecule is C/C(=N/OC(=O)c1ccccc1)C(=O)c1ccc(Sc2ccccc2)cc1.O=C(O)CN(CC(=O)Nc1ccccc1)c1ccccc1. The molecule has 0 saturated heterocycles. The predicted molar refractivity (Wildman–Crippen MR) is 188 cm³/mol. The Hall–Kier alpha value is -6.00. The van der Waals surface area contributed by atoms with E-state index >= 15 is 0 Å². The molecule has 0 unspecified atom stereocenters. The second kappa shape index (κ2) is 18.2. The van der Waals surface area contributed by atoms with Crippen LogP contribution in [0.3, 0.4) is 0 Å². The fourth-order valence-electron chi connectivity index (χ4n) is 4.22. The number of nitrogens with one attached hydrogen (secondary N) is 1. The molecule has 1 amide bonds. The zero-order chi connectivity index (χ0) is 34.1. The molecule has 10 heteroatoms. The van der Waals surface area contributed by atoms with E-state index in [1.165, 1.54) is 11.8 Å². The van der Waals surface area contributed by atoms with Crippen molar-refractivity contribution in [2.45, 2.75) is 16.7 Å². The van der Waals surface area contributed by atoms with Crippen molar-refractivity contribution >= 4 is 52.5 Å². The van der Waals surface area contributed by atoms with Crippen LogP contribution in [-0.4, -0.2) is 47.5 Å². The number of carboxylic acids is 1. The first-order valence-electron chi connectivity index (χ1n) is 14.8. The summed E-state index contributed by atoms with van der Waals surface area (Å²) in [5, 5.41) is 15.4. The Kier molecular flexibility index (Phi) is 13.2. The first-order chi connectivity index (χ1) is 23.3. The zero-order valence-electron chi connectivity index (χ0n) is 26.1. The fraction of sp³-hybridized carbons (Fsp3) is 0.0789. The first-order valence-corrected chi connectivity index (χ1v) is 15.7. The Labute approximate surface area is 282 Å². The van der Waals surface area contributed by atoms with Gasteiger partial charge in [0.15, 0.2) is 0 Å². The van der Waals surface area contributed by atoms with E-state index in [1.54, 1.807) is 90.6 Å². The number of oxime groups is 1. The van der Waals surface area contributed by atoms with Crippen molar-refractivity contribution in [3.63, 3.8) is 0 Å². The van der Waals surface area contributed by atoms with Crippen LogP contribution in [0.2, 0.25) is 0 Å². The van der Waals surface area contributed by atoms with Crippen molar-refractivity contribution in [3.05, 3.63) is 157 Å². The van der Waals surface area contributed by atoms with E-state index in [2.05, 4.69) is 10.5 Å². The number of para-hydroxylation sites is 2. The summed E-state index contributed by atoms with van der Waals surface area (Å²) in [6.45, 7) is 1.27. The Morgan fingerprint density at radius 1 is 0.667 bits per heavy atom. The van der Waals surface area contributed by atoms with Gasteiger partial charge in [-0.3, -0.25) is 14.4 Å². The molecule has 0 aliphatic carbocycles. The maximum Gasteiger partial charge on any atom is 0.365 e. The highest BCUT2D eigenvalue weighted by molar-refractivity contribution is 7.99. The van der Waals surface area contributed by atoms with Crippen molar-refractivity contribution in [2.75, 3.05) is 23.3 Å². The third-order valence-electron chi connectivity index (χ3n) is 6.54. The van der Waals surface area contributed by atoms with Crippen LogP contribution in [0, 0.1) is 0 Å². The molecule has 0 aromatic heterocycles. The summed E-state index contributed by atoms with van der Waals surface area (Å²) in [6, 6.07) is 43.8. The number of hydrogen-bond acceptors (Lipinski definition) is 8. The normalized spacial score (nSPS) is 10.6. The van der Waals surface area contributed by atoms with Gasteiger partial charge in [0.1, 0.15) is 12.3 Å². The molecule has 9 nitrogen and oxygen atoms in total. The van der Waals surface area contributed by atoms with Crippen LogP contribution in [0.15, 0.2) is 161 Å². The summed E-state index contributed by atoms with van der Waals surface area (Å²) >= 11 is 1.62. The van der Waals surface area contributed by atoms with Gasteiger partial charge in [0, 0.05) is 26.7 Å². The lowest BCUT2D eigenvalue weighted by atomic mass is 10.1. The molecule has 242 valence electrons. The number of Topliss-reactive ketones (excluding diaryl/α,β-unsaturated/α-hetero) is 1. The number of nitrogens with zero attached hydrogens (tertiary/aromatic N) is 2. The number of anilines is 2. The van der Waals surface area contributed by atoms with Gasteiger partial charge in [-0.05, 0) is 79.7 Å². The number of benzene rings is 5. The Morgan fingerprint density at radius 3 is 1.77 bits per heavy atom. The number of carboxylic acid groups (broad SMARTS) is 1. The van der Waals surface area contributed by atoms with Crippen LogP contribution in [0.5, 0.6) is 0 Å². The topological polar surface area (TPSA) is 125 Å². The molecule has 5 rings (SSSR count). The quantitative estimate of drug-likeness (QED) is 0.0612. The van der Waals surface area contributed by atoms with Crippen LogP contribution in [0.1, 0.15) is 27.6 Å². The van der Waals surface area contributed by atoms with Crippen molar-refractivity contribution in [3.8, 4) is 0 Å². The number of carbonyl (C=O) groups excluding carboxylic acids is 3. The molecule has 0 fully saturated rings. The van der Waals surface area contributed by atoms with Gasteiger partial charge in [0.2, 0.25) is 11.7 Å². The monoisotopic (exact) mass is 659 g/mol. The number of rotatable bonds is 12. The molecule has 0 aliphatic heterocycles. The van der Waals surface area contributed by atoms with E-state index in [4.69, 9.17) is 9.94 Å². The number of ketones is 1. The van der Waals surface area contributed by atoms with Gasteiger partial charge in [-0.2, -0.15) is 0 Å². The largest absolute Gasteiger partial charge is 0.480 e. The first kappa shape index (κ1) is 34.9. The second-order valence-corrected chi connectivity index (χ2v) is 11.3. The van der Waals surface area contributed by atoms with Gasteiger partial charge < -0.3 is 20.2 Å². The lowest BCUT2D eigenvalue weighted by molar-refractivity contribution is -0.135. The third-order valence-corrected chi connectivity index (χ3v) is 7.55. The van der Waals surface area contributed by atoms with Gasteiger partial charge in [-0.15, -0.1) is 0 Å². The van der Waals surface area contributed by atoms with E-state index in [0.29, 0.717) is 22.5 Å². The molecule has 5 aromatic carbocycles.